The van der Waals surface area contributed by atoms with Gasteiger partial charge in [0.15, 0.2) is 0 Å². The van der Waals surface area contributed by atoms with E-state index in [1.165, 1.54) is 0 Å². The van der Waals surface area contributed by atoms with Crippen LogP contribution < -0.4 is 15.7 Å². The Balaban J connectivity index is 1.94. The average molecular weight is 349 g/mol. The summed E-state index contributed by atoms with van der Waals surface area (Å²) < 4.78 is 5.13. The number of ether oxygens (including phenoxy) is 1. The third kappa shape index (κ3) is 3.64. The fraction of sp³-hybridized carbons (Fsp3) is 0.150. The number of anilines is 1. The van der Waals surface area contributed by atoms with Crippen LogP contribution in [-0.4, -0.2) is 23.0 Å². The maximum absolute atomic E-state index is 12.6. The van der Waals surface area contributed by atoms with Crippen molar-refractivity contribution < 1.29 is 9.53 Å². The number of carbonyl (C=O) groups excluding carboxylic acids is 1. The van der Waals surface area contributed by atoms with E-state index in [9.17, 15) is 9.59 Å². The quantitative estimate of drug-likeness (QED) is 0.757. The van der Waals surface area contributed by atoms with Gasteiger partial charge < -0.3 is 15.0 Å². The lowest BCUT2D eigenvalue weighted by Crippen LogP contribution is -2.21. The molecule has 1 heterocycles. The van der Waals surface area contributed by atoms with Crippen LogP contribution in [-0.2, 0) is 0 Å². The van der Waals surface area contributed by atoms with Crippen molar-refractivity contribution in [2.45, 2.75) is 13.8 Å². The highest BCUT2D eigenvalue weighted by Crippen LogP contribution is 2.22. The number of aryl methyl sites for hydroxylation is 2. The van der Waals surface area contributed by atoms with Gasteiger partial charge in [0, 0.05) is 11.3 Å². The normalized spacial score (nSPS) is 10.4. The number of carbonyl (C=O) groups is 1. The van der Waals surface area contributed by atoms with E-state index >= 15 is 0 Å². The molecule has 1 aromatic heterocycles. The van der Waals surface area contributed by atoms with Gasteiger partial charge >= 0.3 is 5.69 Å². The highest BCUT2D eigenvalue weighted by atomic mass is 16.5. The lowest BCUT2D eigenvalue weighted by molar-refractivity contribution is 0.102. The molecule has 0 aliphatic rings. The van der Waals surface area contributed by atoms with Gasteiger partial charge in [0.25, 0.3) is 5.91 Å². The van der Waals surface area contributed by atoms with Crippen molar-refractivity contribution in [1.29, 1.82) is 0 Å². The van der Waals surface area contributed by atoms with Crippen LogP contribution in [0.25, 0.3) is 11.3 Å². The third-order valence-electron chi connectivity index (χ3n) is 4.09. The molecule has 0 saturated heterocycles. The molecule has 6 nitrogen and oxygen atoms in total. The van der Waals surface area contributed by atoms with Crippen LogP contribution in [0.5, 0.6) is 5.75 Å². The number of rotatable bonds is 4. The van der Waals surface area contributed by atoms with E-state index in [1.807, 2.05) is 32.0 Å². The molecular formula is C20H19N3O3. The van der Waals surface area contributed by atoms with Gasteiger partial charge in [0.05, 0.1) is 12.8 Å². The molecule has 3 aromatic rings. The van der Waals surface area contributed by atoms with E-state index in [2.05, 4.69) is 15.3 Å². The number of hydrogen-bond donors (Lipinski definition) is 2. The number of benzene rings is 2. The Morgan fingerprint density at radius 1 is 1.08 bits per heavy atom. The number of para-hydroxylation sites is 1. The van der Waals surface area contributed by atoms with E-state index < -0.39 is 11.6 Å². The molecule has 2 aromatic carbocycles. The van der Waals surface area contributed by atoms with Crippen LogP contribution in [0, 0.1) is 13.8 Å². The molecule has 0 atom stereocenters. The summed E-state index contributed by atoms with van der Waals surface area (Å²) in [5, 5.41) is 2.86. The number of aromatic amines is 1. The van der Waals surface area contributed by atoms with Crippen LogP contribution in [0.1, 0.15) is 21.6 Å². The number of nitrogens with one attached hydrogen (secondary N) is 2. The van der Waals surface area contributed by atoms with Crippen molar-refractivity contribution >= 4 is 11.6 Å². The summed E-state index contributed by atoms with van der Waals surface area (Å²) in [6.45, 7) is 3.83. The summed E-state index contributed by atoms with van der Waals surface area (Å²) in [7, 11) is 1.58. The molecule has 6 heteroatoms. The van der Waals surface area contributed by atoms with Gasteiger partial charge in [-0.2, -0.15) is 4.98 Å². The number of H-pyrrole nitrogens is 1. The molecule has 0 bridgehead atoms. The summed E-state index contributed by atoms with van der Waals surface area (Å²) in [6, 6.07) is 14.4. The van der Waals surface area contributed by atoms with Gasteiger partial charge in [-0.3, -0.25) is 4.79 Å². The minimum absolute atomic E-state index is 0.151. The largest absolute Gasteiger partial charge is 0.497 e. The molecular weight excluding hydrogens is 330 g/mol. The second-order valence-electron chi connectivity index (χ2n) is 5.93. The maximum atomic E-state index is 12.6. The summed E-state index contributed by atoms with van der Waals surface area (Å²) in [5.74, 6) is 0.309. The first-order valence-corrected chi connectivity index (χ1v) is 8.11. The van der Waals surface area contributed by atoms with Gasteiger partial charge in [-0.1, -0.05) is 18.2 Å². The highest BCUT2D eigenvalue weighted by Gasteiger charge is 2.13. The fourth-order valence-corrected chi connectivity index (χ4v) is 2.68. The second kappa shape index (κ2) is 7.23. The number of amides is 1. The Bertz CT molecular complexity index is 987. The van der Waals surface area contributed by atoms with Gasteiger partial charge in [0.2, 0.25) is 0 Å². The number of methoxy groups -OCH3 is 1. The summed E-state index contributed by atoms with van der Waals surface area (Å²) >= 11 is 0. The van der Waals surface area contributed by atoms with Crippen LogP contribution >= 0.6 is 0 Å². The summed E-state index contributed by atoms with van der Waals surface area (Å²) in [4.78, 5) is 31.0. The Hall–Kier alpha value is -3.41. The molecule has 0 saturated carbocycles. The van der Waals surface area contributed by atoms with E-state index in [0.29, 0.717) is 11.4 Å². The van der Waals surface area contributed by atoms with Crippen molar-refractivity contribution in [3.05, 3.63) is 75.8 Å². The highest BCUT2D eigenvalue weighted by molar-refractivity contribution is 6.04. The fourth-order valence-electron chi connectivity index (χ4n) is 2.68. The summed E-state index contributed by atoms with van der Waals surface area (Å²) in [6.07, 6.45) is 0. The van der Waals surface area contributed by atoms with Gasteiger partial charge in [-0.05, 0) is 55.3 Å². The zero-order valence-electron chi connectivity index (χ0n) is 14.8. The molecule has 0 fully saturated rings. The first-order chi connectivity index (χ1) is 12.5. The molecule has 0 aliphatic heterocycles. The van der Waals surface area contributed by atoms with E-state index in [1.54, 1.807) is 37.4 Å². The Kier molecular flexibility index (Phi) is 4.84. The Labute approximate surface area is 150 Å². The average Bonchev–Trinajstić information content (AvgIpc) is 2.64. The molecule has 0 radical (unpaired) electrons. The van der Waals surface area contributed by atoms with Crippen molar-refractivity contribution in [1.82, 2.24) is 9.97 Å². The van der Waals surface area contributed by atoms with Crippen molar-refractivity contribution in [2.75, 3.05) is 12.4 Å². The molecule has 26 heavy (non-hydrogen) atoms. The Morgan fingerprint density at radius 3 is 2.35 bits per heavy atom. The number of aromatic nitrogens is 2. The van der Waals surface area contributed by atoms with Crippen molar-refractivity contribution in [2.24, 2.45) is 0 Å². The third-order valence-corrected chi connectivity index (χ3v) is 4.09. The number of nitrogens with zero attached hydrogens (tertiary/aromatic N) is 1. The molecule has 0 aliphatic carbocycles. The van der Waals surface area contributed by atoms with Gasteiger partial charge in [0.1, 0.15) is 11.4 Å². The smallest absolute Gasteiger partial charge is 0.346 e. The zero-order chi connectivity index (χ0) is 18.7. The van der Waals surface area contributed by atoms with Crippen LogP contribution in [0.15, 0.2) is 53.3 Å². The first-order valence-electron chi connectivity index (χ1n) is 8.11. The molecule has 3 rings (SSSR count). The lowest BCUT2D eigenvalue weighted by Gasteiger charge is -2.11. The Morgan fingerprint density at radius 2 is 1.73 bits per heavy atom. The predicted octanol–water partition coefficient (Wildman–Crippen LogP) is 3.31. The standard InChI is InChI=1S/C20H19N3O3/c1-12-5-4-6-13(2)18(12)23-19(24)17-11-16(21-20(25)22-17)14-7-9-15(26-3)10-8-14/h4-11H,1-3H3,(H,23,24)(H,21,22,25). The molecule has 1 amide bonds. The van der Waals surface area contributed by atoms with Crippen molar-refractivity contribution in [3.63, 3.8) is 0 Å². The maximum Gasteiger partial charge on any atom is 0.346 e. The first kappa shape index (κ1) is 17.4. The van der Waals surface area contributed by atoms with Crippen molar-refractivity contribution in [3.8, 4) is 17.0 Å². The zero-order valence-corrected chi connectivity index (χ0v) is 14.8. The molecule has 2 N–H and O–H groups in total. The SMILES string of the molecule is COc1ccc(-c2cc(C(=O)Nc3c(C)cccc3C)[nH]c(=O)n2)cc1. The minimum atomic E-state index is -0.579. The summed E-state index contributed by atoms with van der Waals surface area (Å²) in [5.41, 5.74) is 3.35. The van der Waals surface area contributed by atoms with E-state index in [4.69, 9.17) is 4.74 Å². The van der Waals surface area contributed by atoms with E-state index in [0.717, 1.165) is 22.4 Å². The van der Waals surface area contributed by atoms with E-state index in [-0.39, 0.29) is 5.69 Å². The number of hydrogen-bond acceptors (Lipinski definition) is 4. The molecule has 132 valence electrons. The topological polar surface area (TPSA) is 84.1 Å². The van der Waals surface area contributed by atoms with Gasteiger partial charge in [-0.25, -0.2) is 4.79 Å². The van der Waals surface area contributed by atoms with Crippen LogP contribution in [0.2, 0.25) is 0 Å². The molecule has 0 unspecified atom stereocenters. The minimum Gasteiger partial charge on any atom is -0.497 e. The van der Waals surface area contributed by atoms with Crippen LogP contribution in [0.4, 0.5) is 5.69 Å². The second-order valence-corrected chi connectivity index (χ2v) is 5.93. The van der Waals surface area contributed by atoms with Crippen LogP contribution in [0.3, 0.4) is 0 Å². The predicted molar refractivity (Wildman–Crippen MR) is 101 cm³/mol. The van der Waals surface area contributed by atoms with Gasteiger partial charge in [-0.15, -0.1) is 0 Å². The lowest BCUT2D eigenvalue weighted by atomic mass is 10.1. The monoisotopic (exact) mass is 349 g/mol. The molecule has 0 spiro atoms.